The topological polar surface area (TPSA) is 41.5 Å². The van der Waals surface area contributed by atoms with Gasteiger partial charge in [0.25, 0.3) is 5.91 Å². The third-order valence-electron chi connectivity index (χ3n) is 1.79. The molecule has 80 valence electrons. The molecule has 3 nitrogen and oxygen atoms in total. The lowest BCUT2D eigenvalue weighted by atomic mass is 10.2. The molecule has 0 saturated carbocycles. The summed E-state index contributed by atoms with van der Waals surface area (Å²) in [4.78, 5) is 11.5. The van der Waals surface area contributed by atoms with E-state index in [9.17, 15) is 4.79 Å². The van der Waals surface area contributed by atoms with E-state index < -0.39 is 0 Å². The Balaban J connectivity index is 2.58. The van der Waals surface area contributed by atoms with Gasteiger partial charge in [0.2, 0.25) is 0 Å². The second-order valence-corrected chi connectivity index (χ2v) is 3.43. The number of benzene rings is 1. The SMILES string of the molecule is CCCC=NNC(=O)c1ccccc1Cl. The van der Waals surface area contributed by atoms with Crippen LogP contribution in [0.15, 0.2) is 29.4 Å². The zero-order chi connectivity index (χ0) is 11.1. The van der Waals surface area contributed by atoms with Crippen LogP contribution in [0.2, 0.25) is 5.02 Å². The van der Waals surface area contributed by atoms with Gasteiger partial charge in [0.05, 0.1) is 10.6 Å². The van der Waals surface area contributed by atoms with Gasteiger partial charge < -0.3 is 0 Å². The molecule has 0 aliphatic carbocycles. The van der Waals surface area contributed by atoms with Crippen LogP contribution in [0.4, 0.5) is 0 Å². The monoisotopic (exact) mass is 224 g/mol. The number of nitrogens with one attached hydrogen (secondary N) is 1. The van der Waals surface area contributed by atoms with E-state index in [1.54, 1.807) is 30.5 Å². The van der Waals surface area contributed by atoms with Crippen molar-refractivity contribution in [3.63, 3.8) is 0 Å². The molecule has 0 atom stereocenters. The molecule has 1 rings (SSSR count). The Morgan fingerprint density at radius 1 is 1.53 bits per heavy atom. The molecule has 0 aromatic heterocycles. The summed E-state index contributed by atoms with van der Waals surface area (Å²) in [6, 6.07) is 6.87. The Morgan fingerprint density at radius 2 is 2.27 bits per heavy atom. The molecule has 1 aromatic rings. The van der Waals surface area contributed by atoms with Crippen LogP contribution >= 0.6 is 11.6 Å². The highest BCUT2D eigenvalue weighted by Gasteiger charge is 2.07. The maximum absolute atomic E-state index is 11.5. The Morgan fingerprint density at radius 3 is 2.93 bits per heavy atom. The van der Waals surface area contributed by atoms with Gasteiger partial charge in [0.1, 0.15) is 0 Å². The summed E-state index contributed by atoms with van der Waals surface area (Å²) in [5.41, 5.74) is 2.86. The van der Waals surface area contributed by atoms with E-state index in [2.05, 4.69) is 10.5 Å². The molecule has 0 saturated heterocycles. The molecule has 0 bridgehead atoms. The maximum atomic E-state index is 11.5. The molecule has 0 aliphatic heterocycles. The van der Waals surface area contributed by atoms with Crippen LogP contribution in [-0.2, 0) is 0 Å². The van der Waals surface area contributed by atoms with Gasteiger partial charge in [-0.25, -0.2) is 5.43 Å². The molecular weight excluding hydrogens is 212 g/mol. The highest BCUT2D eigenvalue weighted by molar-refractivity contribution is 6.33. The van der Waals surface area contributed by atoms with Crippen LogP contribution in [0.25, 0.3) is 0 Å². The van der Waals surface area contributed by atoms with Crippen molar-refractivity contribution in [3.8, 4) is 0 Å². The van der Waals surface area contributed by atoms with Crippen molar-refractivity contribution in [1.29, 1.82) is 0 Å². The van der Waals surface area contributed by atoms with Crippen molar-refractivity contribution >= 4 is 23.7 Å². The lowest BCUT2D eigenvalue weighted by molar-refractivity contribution is 0.0955. The van der Waals surface area contributed by atoms with Gasteiger partial charge in [0, 0.05) is 6.21 Å². The van der Waals surface area contributed by atoms with Crippen molar-refractivity contribution in [1.82, 2.24) is 5.43 Å². The summed E-state index contributed by atoms with van der Waals surface area (Å²) < 4.78 is 0. The Hall–Kier alpha value is -1.35. The molecule has 1 N–H and O–H groups in total. The minimum atomic E-state index is -0.284. The summed E-state index contributed by atoms with van der Waals surface area (Å²) in [5.74, 6) is -0.284. The Kier molecular flexibility index (Phi) is 4.84. The zero-order valence-corrected chi connectivity index (χ0v) is 9.29. The van der Waals surface area contributed by atoms with Crippen molar-refractivity contribution in [2.24, 2.45) is 5.10 Å². The number of nitrogens with zero attached hydrogens (tertiary/aromatic N) is 1. The Labute approximate surface area is 94.1 Å². The van der Waals surface area contributed by atoms with Crippen LogP contribution in [0.1, 0.15) is 30.1 Å². The van der Waals surface area contributed by atoms with Crippen LogP contribution in [-0.4, -0.2) is 12.1 Å². The van der Waals surface area contributed by atoms with Crippen molar-refractivity contribution in [2.75, 3.05) is 0 Å². The number of hydrogen-bond donors (Lipinski definition) is 1. The van der Waals surface area contributed by atoms with E-state index >= 15 is 0 Å². The number of amides is 1. The number of carbonyl (C=O) groups is 1. The van der Waals surface area contributed by atoms with Crippen molar-refractivity contribution in [3.05, 3.63) is 34.9 Å². The number of rotatable bonds is 4. The van der Waals surface area contributed by atoms with Gasteiger partial charge >= 0.3 is 0 Å². The highest BCUT2D eigenvalue weighted by Crippen LogP contribution is 2.14. The molecule has 0 spiro atoms. The lowest BCUT2D eigenvalue weighted by Crippen LogP contribution is -2.17. The summed E-state index contributed by atoms with van der Waals surface area (Å²) >= 11 is 5.85. The molecule has 0 heterocycles. The largest absolute Gasteiger partial charge is 0.272 e. The van der Waals surface area contributed by atoms with Crippen molar-refractivity contribution < 1.29 is 4.79 Å². The zero-order valence-electron chi connectivity index (χ0n) is 8.53. The van der Waals surface area contributed by atoms with E-state index in [0.29, 0.717) is 10.6 Å². The van der Waals surface area contributed by atoms with Gasteiger partial charge in [-0.15, -0.1) is 0 Å². The minimum Gasteiger partial charge on any atom is -0.267 e. The van der Waals surface area contributed by atoms with E-state index in [1.807, 2.05) is 6.92 Å². The smallest absolute Gasteiger partial charge is 0.267 e. The molecule has 0 aliphatic rings. The van der Waals surface area contributed by atoms with E-state index in [-0.39, 0.29) is 5.91 Å². The van der Waals surface area contributed by atoms with E-state index in [1.165, 1.54) is 0 Å². The van der Waals surface area contributed by atoms with Crippen LogP contribution in [0.5, 0.6) is 0 Å². The van der Waals surface area contributed by atoms with Crippen LogP contribution in [0, 0.1) is 0 Å². The number of unbranched alkanes of at least 4 members (excludes halogenated alkanes) is 1. The predicted molar refractivity (Wildman–Crippen MR) is 62.3 cm³/mol. The normalized spacial score (nSPS) is 10.5. The minimum absolute atomic E-state index is 0.284. The molecular formula is C11H13ClN2O. The van der Waals surface area contributed by atoms with Gasteiger partial charge in [-0.05, 0) is 18.6 Å². The molecule has 15 heavy (non-hydrogen) atoms. The van der Waals surface area contributed by atoms with E-state index in [4.69, 9.17) is 11.6 Å². The summed E-state index contributed by atoms with van der Waals surface area (Å²) in [6.07, 6.45) is 3.53. The third kappa shape index (κ3) is 3.72. The number of carbonyl (C=O) groups excluding carboxylic acids is 1. The summed E-state index contributed by atoms with van der Waals surface area (Å²) in [6.45, 7) is 2.04. The summed E-state index contributed by atoms with van der Waals surface area (Å²) in [7, 11) is 0. The number of hydrogen-bond acceptors (Lipinski definition) is 2. The van der Waals surface area contributed by atoms with Crippen LogP contribution < -0.4 is 5.43 Å². The number of hydrazone groups is 1. The maximum Gasteiger partial charge on any atom is 0.272 e. The quantitative estimate of drug-likeness (QED) is 0.620. The fourth-order valence-electron chi connectivity index (χ4n) is 1.00. The van der Waals surface area contributed by atoms with Crippen molar-refractivity contribution in [2.45, 2.75) is 19.8 Å². The molecule has 0 unspecified atom stereocenters. The molecule has 0 fully saturated rings. The summed E-state index contributed by atoms with van der Waals surface area (Å²) in [5, 5.41) is 4.23. The second-order valence-electron chi connectivity index (χ2n) is 3.02. The fourth-order valence-corrected chi connectivity index (χ4v) is 1.23. The van der Waals surface area contributed by atoms with E-state index in [0.717, 1.165) is 12.8 Å². The van der Waals surface area contributed by atoms with Gasteiger partial charge in [-0.1, -0.05) is 37.1 Å². The molecule has 1 aromatic carbocycles. The molecule has 1 amide bonds. The Bertz CT molecular complexity index is 363. The first-order valence-corrected chi connectivity index (χ1v) is 5.20. The predicted octanol–water partition coefficient (Wildman–Crippen LogP) is 2.86. The highest BCUT2D eigenvalue weighted by atomic mass is 35.5. The first kappa shape index (κ1) is 11.7. The molecule has 4 heteroatoms. The average Bonchev–Trinajstić information content (AvgIpc) is 2.25. The number of halogens is 1. The van der Waals surface area contributed by atoms with Gasteiger partial charge in [-0.3, -0.25) is 4.79 Å². The third-order valence-corrected chi connectivity index (χ3v) is 2.12. The first-order valence-electron chi connectivity index (χ1n) is 4.82. The lowest BCUT2D eigenvalue weighted by Gasteiger charge is -2.01. The second kappa shape index (κ2) is 6.19. The fraction of sp³-hybridized carbons (Fsp3) is 0.273. The standard InChI is InChI=1S/C11H13ClN2O/c1-2-3-8-13-14-11(15)9-6-4-5-7-10(9)12/h4-8H,2-3H2,1H3,(H,14,15). The first-order chi connectivity index (χ1) is 7.25. The average molecular weight is 225 g/mol. The van der Waals surface area contributed by atoms with Crippen LogP contribution in [0.3, 0.4) is 0 Å². The molecule has 0 radical (unpaired) electrons. The van der Waals surface area contributed by atoms with Gasteiger partial charge in [0.15, 0.2) is 0 Å². The van der Waals surface area contributed by atoms with Gasteiger partial charge in [-0.2, -0.15) is 5.10 Å².